The van der Waals surface area contributed by atoms with Gasteiger partial charge in [0.25, 0.3) is 0 Å². The summed E-state index contributed by atoms with van der Waals surface area (Å²) >= 11 is 0. The molecule has 6 heteroatoms. The quantitative estimate of drug-likeness (QED) is 0.898. The molecule has 0 fully saturated rings. The van der Waals surface area contributed by atoms with Crippen LogP contribution in [0.15, 0.2) is 24.3 Å². The Balaban J connectivity index is 2.23. The predicted octanol–water partition coefficient (Wildman–Crippen LogP) is 0.946. The van der Waals surface area contributed by atoms with Crippen LogP contribution in [-0.4, -0.2) is 38.4 Å². The van der Waals surface area contributed by atoms with Crippen LogP contribution in [0.3, 0.4) is 0 Å². The minimum absolute atomic E-state index is 0.00919. The zero-order chi connectivity index (χ0) is 14.8. The lowest BCUT2D eigenvalue weighted by molar-refractivity contribution is -0.117. The van der Waals surface area contributed by atoms with Gasteiger partial charge in [0.15, 0.2) is 9.84 Å². The van der Waals surface area contributed by atoms with E-state index in [9.17, 15) is 13.2 Å². The number of amides is 1. The average Bonchev–Trinajstić information content (AvgIpc) is 2.55. The fraction of sp³-hybridized carbons (Fsp3) is 0.500. The van der Waals surface area contributed by atoms with Crippen molar-refractivity contribution in [2.24, 2.45) is 0 Å². The summed E-state index contributed by atoms with van der Waals surface area (Å²) in [6, 6.07) is 7.59. The van der Waals surface area contributed by atoms with E-state index in [1.807, 2.05) is 24.3 Å². The molecule has 0 saturated carbocycles. The van der Waals surface area contributed by atoms with E-state index in [-0.39, 0.29) is 24.7 Å². The van der Waals surface area contributed by atoms with E-state index in [1.54, 1.807) is 18.7 Å². The molecule has 20 heavy (non-hydrogen) atoms. The molecule has 0 aromatic heterocycles. The molecule has 0 saturated heterocycles. The number of fused-ring (bicyclic) bond motifs is 1. The summed E-state index contributed by atoms with van der Waals surface area (Å²) in [7, 11) is -3.15. The summed E-state index contributed by atoms with van der Waals surface area (Å²) < 4.78 is 23.8. The largest absolute Gasteiger partial charge is 0.310 e. The zero-order valence-electron chi connectivity index (χ0n) is 11.8. The molecule has 0 radical (unpaired) electrons. The predicted molar refractivity (Wildman–Crippen MR) is 79.4 cm³/mol. The molecule has 0 atom stereocenters. The number of hydrogen-bond donors (Lipinski definition) is 1. The van der Waals surface area contributed by atoms with Crippen molar-refractivity contribution in [1.29, 1.82) is 0 Å². The van der Waals surface area contributed by atoms with Gasteiger partial charge in [0.2, 0.25) is 5.91 Å². The molecule has 0 spiro atoms. The van der Waals surface area contributed by atoms with Crippen LogP contribution < -0.4 is 10.2 Å². The molecule has 0 unspecified atom stereocenters. The van der Waals surface area contributed by atoms with Crippen LogP contribution in [0, 0.1) is 0 Å². The normalized spacial score (nSPS) is 16.1. The van der Waals surface area contributed by atoms with E-state index >= 15 is 0 Å². The lowest BCUT2D eigenvalue weighted by Gasteiger charge is -2.23. The third-order valence-corrected chi connectivity index (χ3v) is 5.68. The van der Waals surface area contributed by atoms with Crippen molar-refractivity contribution in [2.45, 2.75) is 25.6 Å². The summed E-state index contributed by atoms with van der Waals surface area (Å²) in [6.07, 6.45) is 0. The van der Waals surface area contributed by atoms with Crippen molar-refractivity contribution < 1.29 is 13.2 Å². The van der Waals surface area contributed by atoms with E-state index in [1.165, 1.54) is 0 Å². The number of sulfone groups is 1. The van der Waals surface area contributed by atoms with E-state index in [0.29, 0.717) is 6.54 Å². The summed E-state index contributed by atoms with van der Waals surface area (Å²) in [5.41, 5.74) is 1.82. The smallest absolute Gasteiger partial charge is 0.240 e. The van der Waals surface area contributed by atoms with E-state index in [4.69, 9.17) is 0 Å². The molecular weight excluding hydrogens is 276 g/mol. The highest BCUT2D eigenvalue weighted by Gasteiger charge is 2.24. The maximum absolute atomic E-state index is 12.1. The zero-order valence-corrected chi connectivity index (χ0v) is 12.6. The number of carbonyl (C=O) groups is 1. The van der Waals surface area contributed by atoms with E-state index < -0.39 is 15.1 Å². The molecule has 1 N–H and O–H groups in total. The monoisotopic (exact) mass is 296 g/mol. The number of carbonyl (C=O) groups excluding carboxylic acids is 1. The van der Waals surface area contributed by atoms with Crippen LogP contribution in [0.1, 0.15) is 19.4 Å². The highest BCUT2D eigenvalue weighted by atomic mass is 32.2. The number of nitrogens with zero attached hydrogens (tertiary/aromatic N) is 1. The molecule has 5 nitrogen and oxygen atoms in total. The lowest BCUT2D eigenvalue weighted by atomic mass is 10.1. The Labute approximate surface area is 119 Å². The number of rotatable bonds is 4. The highest BCUT2D eigenvalue weighted by Crippen LogP contribution is 2.22. The molecule has 1 aliphatic rings. The van der Waals surface area contributed by atoms with Gasteiger partial charge < -0.3 is 10.2 Å². The Bertz CT molecular complexity index is 596. The van der Waals surface area contributed by atoms with Gasteiger partial charge in [-0.25, -0.2) is 8.42 Å². The van der Waals surface area contributed by atoms with Gasteiger partial charge in [-0.2, -0.15) is 0 Å². The van der Waals surface area contributed by atoms with Crippen LogP contribution in [0.5, 0.6) is 0 Å². The molecule has 0 bridgehead atoms. The standard InChI is InChI=1S/C14H20N2O3S/c1-11(2)20(18,19)8-7-16-13-6-4-3-5-12(13)9-15-10-14(16)17/h3-6,11,15H,7-10H2,1-2H3. The third-order valence-electron chi connectivity index (χ3n) is 3.49. The molecule has 110 valence electrons. The van der Waals surface area contributed by atoms with Crippen LogP contribution in [-0.2, 0) is 21.2 Å². The maximum Gasteiger partial charge on any atom is 0.240 e. The Morgan fingerprint density at radius 3 is 2.65 bits per heavy atom. The molecule has 1 amide bonds. The molecule has 1 aromatic rings. The van der Waals surface area contributed by atoms with Crippen molar-refractivity contribution in [3.8, 4) is 0 Å². The summed E-state index contributed by atoms with van der Waals surface area (Å²) in [5.74, 6) is -0.0982. The first-order valence-corrected chi connectivity index (χ1v) is 8.44. The summed E-state index contributed by atoms with van der Waals surface area (Å²) in [5, 5.41) is 2.64. The number of hydrogen-bond acceptors (Lipinski definition) is 4. The Hall–Kier alpha value is -1.40. The van der Waals surface area contributed by atoms with Crippen molar-refractivity contribution in [3.63, 3.8) is 0 Å². The van der Waals surface area contributed by atoms with Crippen LogP contribution in [0.2, 0.25) is 0 Å². The number of anilines is 1. The van der Waals surface area contributed by atoms with Gasteiger partial charge in [0.05, 0.1) is 17.5 Å². The van der Waals surface area contributed by atoms with Crippen LogP contribution >= 0.6 is 0 Å². The minimum atomic E-state index is -3.15. The Morgan fingerprint density at radius 1 is 1.25 bits per heavy atom. The van der Waals surface area contributed by atoms with Gasteiger partial charge >= 0.3 is 0 Å². The fourth-order valence-electron chi connectivity index (χ4n) is 2.16. The van der Waals surface area contributed by atoms with Crippen LogP contribution in [0.25, 0.3) is 0 Å². The first kappa shape index (κ1) is 15.0. The van der Waals surface area contributed by atoms with Crippen molar-refractivity contribution >= 4 is 21.4 Å². The minimum Gasteiger partial charge on any atom is -0.310 e. The van der Waals surface area contributed by atoms with Gasteiger partial charge in [-0.3, -0.25) is 4.79 Å². The van der Waals surface area contributed by atoms with Crippen molar-refractivity contribution in [1.82, 2.24) is 5.32 Å². The lowest BCUT2D eigenvalue weighted by Crippen LogP contribution is -2.39. The summed E-state index contributed by atoms with van der Waals surface area (Å²) in [4.78, 5) is 13.7. The Morgan fingerprint density at radius 2 is 1.95 bits per heavy atom. The Kier molecular flexibility index (Phi) is 4.45. The van der Waals surface area contributed by atoms with Gasteiger partial charge in [-0.05, 0) is 25.5 Å². The van der Waals surface area contributed by atoms with Crippen LogP contribution in [0.4, 0.5) is 5.69 Å². The van der Waals surface area contributed by atoms with Gasteiger partial charge in [0, 0.05) is 18.8 Å². The first-order valence-electron chi connectivity index (χ1n) is 6.72. The molecule has 2 rings (SSSR count). The SMILES string of the molecule is CC(C)S(=O)(=O)CCN1C(=O)CNCc2ccccc21. The summed E-state index contributed by atoms with van der Waals surface area (Å²) in [6.45, 7) is 4.38. The number of para-hydroxylation sites is 1. The second kappa shape index (κ2) is 5.93. The van der Waals surface area contributed by atoms with Gasteiger partial charge in [-0.1, -0.05) is 18.2 Å². The second-order valence-corrected chi connectivity index (χ2v) is 7.87. The molecule has 0 aliphatic carbocycles. The highest BCUT2D eigenvalue weighted by molar-refractivity contribution is 7.92. The average molecular weight is 296 g/mol. The topological polar surface area (TPSA) is 66.5 Å². The molecular formula is C14H20N2O3S. The van der Waals surface area contributed by atoms with Crippen molar-refractivity contribution in [2.75, 3.05) is 23.7 Å². The molecule has 1 heterocycles. The van der Waals surface area contributed by atoms with Crippen molar-refractivity contribution in [3.05, 3.63) is 29.8 Å². The maximum atomic E-state index is 12.1. The fourth-order valence-corrected chi connectivity index (χ4v) is 3.07. The van der Waals surface area contributed by atoms with E-state index in [0.717, 1.165) is 11.3 Å². The van der Waals surface area contributed by atoms with Gasteiger partial charge in [0.1, 0.15) is 0 Å². The van der Waals surface area contributed by atoms with Gasteiger partial charge in [-0.15, -0.1) is 0 Å². The second-order valence-electron chi connectivity index (χ2n) is 5.19. The molecule has 1 aromatic carbocycles. The molecule has 1 aliphatic heterocycles. The number of benzene rings is 1. The van der Waals surface area contributed by atoms with E-state index in [2.05, 4.69) is 5.32 Å². The number of nitrogens with one attached hydrogen (secondary N) is 1. The first-order chi connectivity index (χ1) is 9.42. The third kappa shape index (κ3) is 3.19.